The van der Waals surface area contributed by atoms with Gasteiger partial charge in [-0.2, -0.15) is 4.79 Å². The topological polar surface area (TPSA) is 71.9 Å². The third-order valence-electron chi connectivity index (χ3n) is 5.79. The summed E-state index contributed by atoms with van der Waals surface area (Å²) < 4.78 is 12.0. The van der Waals surface area contributed by atoms with Crippen molar-refractivity contribution in [1.29, 1.82) is 0 Å². The average molecular weight is 445 g/mol. The molecule has 0 spiro atoms. The molecular weight excluding hydrogens is 404 g/mol. The molecule has 0 aliphatic carbocycles. The van der Waals surface area contributed by atoms with E-state index in [1.54, 1.807) is 0 Å². The van der Waals surface area contributed by atoms with Crippen LogP contribution in [0.15, 0.2) is 24.5 Å². The van der Waals surface area contributed by atoms with Gasteiger partial charge < -0.3 is 14.7 Å². The summed E-state index contributed by atoms with van der Waals surface area (Å²) in [5.74, 6) is -0.260. The maximum atomic E-state index is 13.1. The number of aryl methyl sites for hydroxylation is 1. The van der Waals surface area contributed by atoms with Crippen LogP contribution in [0.3, 0.4) is 0 Å². The van der Waals surface area contributed by atoms with Crippen molar-refractivity contribution < 1.29 is 18.7 Å². The highest BCUT2D eigenvalue weighted by Gasteiger charge is 2.42. The van der Waals surface area contributed by atoms with Crippen molar-refractivity contribution >= 4 is 20.0 Å². The monoisotopic (exact) mass is 444 g/mol. The van der Waals surface area contributed by atoms with Gasteiger partial charge in [-0.1, -0.05) is 80.0 Å². The maximum Gasteiger partial charge on any atom is 0.438 e. The smallest absolute Gasteiger partial charge is 0.438 e. The first kappa shape index (κ1) is 26.9. The van der Waals surface area contributed by atoms with Crippen LogP contribution >= 0.6 is 0 Å². The molecule has 0 atom stereocenters. The van der Waals surface area contributed by atoms with Crippen molar-refractivity contribution in [3.63, 3.8) is 0 Å². The van der Waals surface area contributed by atoms with Gasteiger partial charge in [-0.3, -0.25) is 0 Å². The second kappa shape index (κ2) is 8.76. The first-order chi connectivity index (χ1) is 13.7. The molecule has 0 amide bonds. The average Bonchev–Trinajstić information content (AvgIpc) is 2.53. The van der Waals surface area contributed by atoms with Gasteiger partial charge in [0.25, 0.3) is 8.32 Å². The third kappa shape index (κ3) is 6.41. The molecular formula is C25H40N2O3Si. The number of hydrogen-bond acceptors (Lipinski definition) is 3. The van der Waals surface area contributed by atoms with Gasteiger partial charge >= 0.3 is 11.7 Å². The number of rotatable bonds is 5. The molecule has 0 aliphatic heterocycles. The lowest BCUT2D eigenvalue weighted by molar-refractivity contribution is -0.131. The van der Waals surface area contributed by atoms with Crippen LogP contribution in [0.4, 0.5) is 0 Å². The van der Waals surface area contributed by atoms with Gasteiger partial charge in [0.2, 0.25) is 0 Å². The van der Waals surface area contributed by atoms with Crippen LogP contribution in [0, 0.1) is 6.92 Å². The highest BCUT2D eigenvalue weighted by Crippen LogP contribution is 2.41. The molecule has 6 heteroatoms. The van der Waals surface area contributed by atoms with E-state index in [9.17, 15) is 10.3 Å². The number of carbonyl (C=O) groups excluding carboxylic acids is 1. The van der Waals surface area contributed by atoms with Crippen LogP contribution in [0.5, 0.6) is 5.75 Å². The zero-order valence-corrected chi connectivity index (χ0v) is 22.5. The number of hydrogen-bond donors (Lipinski definition) is 0. The van der Waals surface area contributed by atoms with Gasteiger partial charge in [0.05, 0.1) is 0 Å². The standard InChI is InChI=1S/C25H40N2O3Si/c1-16-14-18(23(3,4)5)21(19(15-16)24(6,7)8)29-22(28)20(27-26)17(2)30-31(12,13)25(9,10)11/h14-15H,2H2,1,3-13H3. The van der Waals surface area contributed by atoms with Crippen LogP contribution in [-0.2, 0) is 20.1 Å². The molecule has 0 radical (unpaired) electrons. The summed E-state index contributed by atoms with van der Waals surface area (Å²) in [6.45, 7) is 28.7. The van der Waals surface area contributed by atoms with E-state index in [1.165, 1.54) is 0 Å². The fraction of sp³-hybridized carbons (Fsp3) is 0.600. The first-order valence-corrected chi connectivity index (χ1v) is 13.6. The van der Waals surface area contributed by atoms with Crippen molar-refractivity contribution in [2.75, 3.05) is 0 Å². The Bertz CT molecular complexity index is 885. The molecule has 172 valence electrons. The van der Waals surface area contributed by atoms with Crippen LogP contribution in [0.1, 0.15) is 79.0 Å². The van der Waals surface area contributed by atoms with E-state index >= 15 is 0 Å². The number of carbonyl (C=O) groups is 1. The summed E-state index contributed by atoms with van der Waals surface area (Å²) in [5.41, 5.74) is 11.7. The molecule has 31 heavy (non-hydrogen) atoms. The second-order valence-electron chi connectivity index (χ2n) is 11.8. The molecule has 0 bridgehead atoms. The molecule has 0 aliphatic rings. The molecule has 0 saturated carbocycles. The van der Waals surface area contributed by atoms with Gasteiger partial charge in [0, 0.05) is 11.1 Å². The maximum absolute atomic E-state index is 13.1. The van der Waals surface area contributed by atoms with Crippen molar-refractivity contribution in [1.82, 2.24) is 0 Å². The lowest BCUT2D eigenvalue weighted by Gasteiger charge is -2.36. The minimum Gasteiger partial charge on any atom is -0.538 e. The van der Waals surface area contributed by atoms with E-state index in [2.05, 4.69) is 73.7 Å². The quantitative estimate of drug-likeness (QED) is 0.0964. The van der Waals surface area contributed by atoms with Crippen LogP contribution in [0.2, 0.25) is 18.1 Å². The number of esters is 1. The van der Waals surface area contributed by atoms with E-state index in [4.69, 9.17) is 9.16 Å². The Morgan fingerprint density at radius 2 is 1.39 bits per heavy atom. The molecule has 0 unspecified atom stereocenters. The SMILES string of the molecule is C=C(O[Si](C)(C)C(C)(C)C)C(=[N+]=[N-])C(=O)Oc1c(C(C)(C)C)cc(C)cc1C(C)(C)C. The van der Waals surface area contributed by atoms with Gasteiger partial charge in [-0.25, -0.2) is 4.79 Å². The Balaban J connectivity index is 3.46. The van der Waals surface area contributed by atoms with Gasteiger partial charge in [0.1, 0.15) is 5.75 Å². The van der Waals surface area contributed by atoms with Gasteiger partial charge in [-0.05, 0) is 42.5 Å². The highest BCUT2D eigenvalue weighted by atomic mass is 28.4. The minimum absolute atomic E-state index is 0.0285. The van der Waals surface area contributed by atoms with Crippen molar-refractivity contribution in [3.8, 4) is 5.75 Å². The summed E-state index contributed by atoms with van der Waals surface area (Å²) in [7, 11) is -2.27. The Labute approximate surface area is 189 Å². The largest absolute Gasteiger partial charge is 0.538 e. The minimum atomic E-state index is -2.27. The molecule has 1 aromatic carbocycles. The van der Waals surface area contributed by atoms with Gasteiger partial charge in [-0.15, -0.1) is 0 Å². The highest BCUT2D eigenvalue weighted by molar-refractivity contribution is 6.74. The second-order valence-corrected chi connectivity index (χ2v) is 16.5. The van der Waals surface area contributed by atoms with E-state index in [-0.39, 0.29) is 27.3 Å². The van der Waals surface area contributed by atoms with Crippen LogP contribution in [0.25, 0.3) is 5.53 Å². The molecule has 0 fully saturated rings. The number of nitrogens with zero attached hydrogens (tertiary/aromatic N) is 2. The predicted octanol–water partition coefficient (Wildman–Crippen LogP) is 6.70. The Morgan fingerprint density at radius 1 is 0.968 bits per heavy atom. The molecule has 0 heterocycles. The van der Waals surface area contributed by atoms with E-state index in [1.807, 2.05) is 32.2 Å². The predicted molar refractivity (Wildman–Crippen MR) is 130 cm³/mol. The summed E-state index contributed by atoms with van der Waals surface area (Å²) in [5, 5.41) is -0.101. The molecule has 5 nitrogen and oxygen atoms in total. The van der Waals surface area contributed by atoms with Crippen molar-refractivity contribution in [2.24, 2.45) is 0 Å². The molecule has 0 saturated heterocycles. The third-order valence-corrected chi connectivity index (χ3v) is 10.2. The Hall–Kier alpha value is -2.17. The Kier molecular flexibility index (Phi) is 7.59. The van der Waals surface area contributed by atoms with Crippen LogP contribution < -0.4 is 4.74 Å². The lowest BCUT2D eigenvalue weighted by atomic mass is 9.78. The first-order valence-electron chi connectivity index (χ1n) is 10.7. The van der Waals surface area contributed by atoms with E-state index in [0.29, 0.717) is 5.75 Å². The summed E-state index contributed by atoms with van der Waals surface area (Å²) in [6, 6.07) is 4.07. The fourth-order valence-corrected chi connectivity index (χ4v) is 3.88. The molecule has 0 N–H and O–H groups in total. The zero-order valence-electron chi connectivity index (χ0n) is 21.5. The summed E-state index contributed by atoms with van der Waals surface area (Å²) >= 11 is 0. The Morgan fingerprint density at radius 3 is 1.71 bits per heavy atom. The normalized spacial score (nSPS) is 12.8. The molecule has 0 aromatic heterocycles. The van der Waals surface area contributed by atoms with Crippen molar-refractivity contribution in [3.05, 3.63) is 46.7 Å². The lowest BCUT2D eigenvalue weighted by Crippen LogP contribution is -2.42. The van der Waals surface area contributed by atoms with E-state index < -0.39 is 14.3 Å². The molecule has 1 aromatic rings. The van der Waals surface area contributed by atoms with Gasteiger partial charge in [0.15, 0.2) is 5.76 Å². The summed E-state index contributed by atoms with van der Waals surface area (Å²) in [4.78, 5) is 16.3. The number of benzene rings is 1. The fourth-order valence-electron chi connectivity index (χ4n) is 2.86. The van der Waals surface area contributed by atoms with Crippen LogP contribution in [-0.4, -0.2) is 24.8 Å². The zero-order chi connectivity index (χ0) is 24.6. The summed E-state index contributed by atoms with van der Waals surface area (Å²) in [6.07, 6.45) is 0. The molecule has 1 rings (SSSR count). The van der Waals surface area contributed by atoms with Crippen molar-refractivity contribution in [2.45, 2.75) is 98.2 Å². The van der Waals surface area contributed by atoms with E-state index in [0.717, 1.165) is 16.7 Å². The number of ether oxygens (including phenoxy) is 1.